The summed E-state index contributed by atoms with van der Waals surface area (Å²) in [7, 11) is -2.19. The van der Waals surface area contributed by atoms with Gasteiger partial charge < -0.3 is 9.64 Å². The zero-order valence-corrected chi connectivity index (χ0v) is 21.6. The fraction of sp³-hybridized carbons (Fsp3) is 0.571. The van der Waals surface area contributed by atoms with Gasteiger partial charge in [-0.05, 0) is 44.6 Å². The van der Waals surface area contributed by atoms with Crippen molar-refractivity contribution in [1.82, 2.24) is 24.3 Å². The summed E-state index contributed by atoms with van der Waals surface area (Å²) < 4.78 is 62.5. The molecule has 1 saturated carbocycles. The van der Waals surface area contributed by atoms with Crippen LogP contribution < -0.4 is 9.62 Å². The molecule has 4 heterocycles. The van der Waals surface area contributed by atoms with Crippen LogP contribution in [0.4, 0.5) is 14.5 Å². The van der Waals surface area contributed by atoms with E-state index in [0.717, 1.165) is 25.7 Å². The SMILES string of the molecule is COCC1CCN(c2cc(S(=O)(=O)NC3(C)CC3)cn3c(-c4nnc(C(F)F)s4)nc(Cl)c23)CC1. The lowest BCUT2D eigenvalue weighted by Gasteiger charge is -2.34. The van der Waals surface area contributed by atoms with Crippen molar-refractivity contribution in [3.8, 4) is 10.8 Å². The van der Waals surface area contributed by atoms with Crippen molar-refractivity contribution < 1.29 is 21.9 Å². The number of imidazole rings is 1. The predicted molar refractivity (Wildman–Crippen MR) is 129 cm³/mol. The molecule has 0 amide bonds. The van der Waals surface area contributed by atoms with E-state index in [1.54, 1.807) is 13.2 Å². The number of hydrogen-bond donors (Lipinski definition) is 1. The van der Waals surface area contributed by atoms with E-state index in [0.29, 0.717) is 48.2 Å². The third-order valence-corrected chi connectivity index (χ3v) is 9.31. The maximum Gasteiger partial charge on any atom is 0.291 e. The lowest BCUT2D eigenvalue weighted by Crippen LogP contribution is -2.36. The first kappa shape index (κ1) is 24.8. The normalized spacial score (nSPS) is 18.6. The first-order valence-corrected chi connectivity index (χ1v) is 13.9. The summed E-state index contributed by atoms with van der Waals surface area (Å²) >= 11 is 7.24. The average molecular weight is 547 g/mol. The summed E-state index contributed by atoms with van der Waals surface area (Å²) in [6.07, 6.45) is 1.92. The number of alkyl halides is 2. The molecule has 0 radical (unpaired) electrons. The zero-order valence-electron chi connectivity index (χ0n) is 19.2. The lowest BCUT2D eigenvalue weighted by molar-refractivity contribution is 0.139. The van der Waals surface area contributed by atoms with Gasteiger partial charge in [0.1, 0.15) is 10.4 Å². The second-order valence-electron chi connectivity index (χ2n) is 9.30. The number of halogens is 3. The maximum atomic E-state index is 13.3. The molecule has 9 nitrogen and oxygen atoms in total. The van der Waals surface area contributed by atoms with E-state index in [1.807, 2.05) is 6.92 Å². The number of ether oxygens (including phenoxy) is 1. The number of nitrogens with one attached hydrogen (secondary N) is 1. The number of piperidine rings is 1. The molecule has 3 aromatic rings. The van der Waals surface area contributed by atoms with Gasteiger partial charge in [0.15, 0.2) is 21.0 Å². The van der Waals surface area contributed by atoms with Crippen LogP contribution in [0.2, 0.25) is 5.15 Å². The van der Waals surface area contributed by atoms with E-state index in [4.69, 9.17) is 16.3 Å². The van der Waals surface area contributed by atoms with E-state index in [2.05, 4.69) is 24.8 Å². The van der Waals surface area contributed by atoms with Gasteiger partial charge in [-0.2, -0.15) is 0 Å². The first-order chi connectivity index (χ1) is 16.6. The van der Waals surface area contributed by atoms with E-state index < -0.39 is 27.0 Å². The van der Waals surface area contributed by atoms with Gasteiger partial charge in [0.25, 0.3) is 6.43 Å². The van der Waals surface area contributed by atoms with Crippen molar-refractivity contribution in [2.45, 2.75) is 49.5 Å². The fourth-order valence-electron chi connectivity index (χ4n) is 4.33. The fourth-order valence-corrected chi connectivity index (χ4v) is 6.76. The van der Waals surface area contributed by atoms with Crippen molar-refractivity contribution in [2.24, 2.45) is 5.92 Å². The minimum Gasteiger partial charge on any atom is -0.384 e. The monoisotopic (exact) mass is 546 g/mol. The van der Waals surface area contributed by atoms with Gasteiger partial charge >= 0.3 is 0 Å². The Kier molecular flexibility index (Phi) is 6.49. The smallest absolute Gasteiger partial charge is 0.291 e. The zero-order chi connectivity index (χ0) is 25.0. The molecule has 0 atom stereocenters. The Morgan fingerprint density at radius 3 is 2.63 bits per heavy atom. The second-order valence-corrected chi connectivity index (χ2v) is 12.4. The number of aromatic nitrogens is 4. The van der Waals surface area contributed by atoms with Crippen LogP contribution in [0.5, 0.6) is 0 Å². The molecular formula is C21H25ClF2N6O3S2. The van der Waals surface area contributed by atoms with Gasteiger partial charge in [0.05, 0.1) is 5.69 Å². The molecule has 1 N–H and O–H groups in total. The summed E-state index contributed by atoms with van der Waals surface area (Å²) in [5.41, 5.74) is 0.650. The first-order valence-electron chi connectivity index (χ1n) is 11.2. The Morgan fingerprint density at radius 1 is 1.31 bits per heavy atom. The van der Waals surface area contributed by atoms with Gasteiger partial charge in [0.2, 0.25) is 10.0 Å². The van der Waals surface area contributed by atoms with Crippen molar-refractivity contribution in [3.05, 3.63) is 22.4 Å². The molecule has 1 aliphatic heterocycles. The lowest BCUT2D eigenvalue weighted by atomic mass is 9.97. The molecule has 35 heavy (non-hydrogen) atoms. The van der Waals surface area contributed by atoms with Crippen molar-refractivity contribution in [1.29, 1.82) is 0 Å². The molecule has 0 unspecified atom stereocenters. The van der Waals surface area contributed by atoms with E-state index in [1.165, 1.54) is 10.6 Å². The third kappa shape index (κ3) is 4.88. The number of sulfonamides is 1. The Balaban J connectivity index is 1.63. The minimum atomic E-state index is -3.87. The maximum absolute atomic E-state index is 13.3. The number of fused-ring (bicyclic) bond motifs is 1. The van der Waals surface area contributed by atoms with E-state index >= 15 is 0 Å². The van der Waals surface area contributed by atoms with Crippen LogP contribution in [0.3, 0.4) is 0 Å². The quantitative estimate of drug-likeness (QED) is 0.453. The Hall–Kier alpha value is -1.93. The second kappa shape index (κ2) is 9.18. The van der Waals surface area contributed by atoms with Gasteiger partial charge in [-0.15, -0.1) is 10.2 Å². The molecule has 1 aliphatic carbocycles. The van der Waals surface area contributed by atoms with Crippen molar-refractivity contribution in [3.63, 3.8) is 0 Å². The van der Waals surface area contributed by atoms with Crippen LogP contribution in [-0.4, -0.2) is 60.3 Å². The molecule has 1 saturated heterocycles. The van der Waals surface area contributed by atoms with Crippen LogP contribution in [0.1, 0.15) is 44.0 Å². The number of pyridine rings is 1. The summed E-state index contributed by atoms with van der Waals surface area (Å²) in [6.45, 7) is 3.89. The summed E-state index contributed by atoms with van der Waals surface area (Å²) in [5, 5.41) is 7.22. The predicted octanol–water partition coefficient (Wildman–Crippen LogP) is 4.14. The summed E-state index contributed by atoms with van der Waals surface area (Å²) in [4.78, 5) is 6.50. The Morgan fingerprint density at radius 2 is 2.03 bits per heavy atom. The highest BCUT2D eigenvalue weighted by molar-refractivity contribution is 7.89. The highest BCUT2D eigenvalue weighted by Crippen LogP contribution is 2.40. The van der Waals surface area contributed by atoms with Crippen LogP contribution in [-0.2, 0) is 14.8 Å². The highest BCUT2D eigenvalue weighted by atomic mass is 35.5. The molecule has 2 aliphatic rings. The van der Waals surface area contributed by atoms with Crippen LogP contribution >= 0.6 is 22.9 Å². The molecule has 0 spiro atoms. The van der Waals surface area contributed by atoms with Gasteiger partial charge in [-0.1, -0.05) is 22.9 Å². The van der Waals surface area contributed by atoms with Crippen molar-refractivity contribution in [2.75, 3.05) is 31.7 Å². The van der Waals surface area contributed by atoms with Crippen LogP contribution in [0.25, 0.3) is 16.3 Å². The topological polar surface area (TPSA) is 102 Å². The standard InChI is InChI=1S/C21H25ClF2N6O3S2/c1-21(5-6-21)28-35(31,32)13-9-14(29-7-3-12(4-8-29)11-33-2)15-16(22)25-18(30(15)10-13)20-27-26-19(34-20)17(23)24/h9-10,12,17,28H,3-8,11H2,1-2H3. The molecule has 3 aromatic heterocycles. The average Bonchev–Trinajstić information content (AvgIpc) is 3.21. The Labute approximate surface area is 210 Å². The molecule has 0 bridgehead atoms. The summed E-state index contributed by atoms with van der Waals surface area (Å²) in [6, 6.07) is 1.61. The van der Waals surface area contributed by atoms with E-state index in [9.17, 15) is 17.2 Å². The highest BCUT2D eigenvalue weighted by Gasteiger charge is 2.41. The number of rotatable bonds is 8. The van der Waals surface area contributed by atoms with E-state index in [-0.39, 0.29) is 20.9 Å². The molecule has 190 valence electrons. The van der Waals surface area contributed by atoms with Crippen LogP contribution in [0.15, 0.2) is 17.2 Å². The third-order valence-electron chi connectivity index (χ3n) is 6.51. The number of hydrogen-bond acceptors (Lipinski definition) is 8. The van der Waals surface area contributed by atoms with Crippen LogP contribution in [0, 0.1) is 5.92 Å². The molecular weight excluding hydrogens is 522 g/mol. The number of nitrogens with zero attached hydrogens (tertiary/aromatic N) is 5. The Bertz CT molecular complexity index is 1350. The molecule has 2 fully saturated rings. The number of anilines is 1. The molecule has 14 heteroatoms. The largest absolute Gasteiger partial charge is 0.384 e. The minimum absolute atomic E-state index is 0.0426. The summed E-state index contributed by atoms with van der Waals surface area (Å²) in [5.74, 6) is 0.584. The number of methoxy groups -OCH3 is 1. The van der Waals surface area contributed by atoms with Crippen molar-refractivity contribution >= 4 is 44.2 Å². The molecule has 0 aromatic carbocycles. The van der Waals surface area contributed by atoms with Gasteiger partial charge in [-0.3, -0.25) is 4.40 Å². The van der Waals surface area contributed by atoms with Gasteiger partial charge in [-0.25, -0.2) is 26.9 Å². The van der Waals surface area contributed by atoms with Gasteiger partial charge in [0, 0.05) is 38.5 Å². The molecule has 5 rings (SSSR count).